The Balaban J connectivity index is 0. The van der Waals surface area contributed by atoms with Gasteiger partial charge in [-0.15, -0.1) is 0 Å². The molecule has 3 nitrogen and oxygen atoms in total. The Kier molecular flexibility index (Phi) is 34.3. The highest BCUT2D eigenvalue weighted by Crippen LogP contribution is 2.22. The second-order valence-electron chi connectivity index (χ2n) is 13.0. The highest BCUT2D eigenvalue weighted by Gasteiger charge is 2.36. The third-order valence-corrected chi connectivity index (χ3v) is 9.34. The minimum Gasteiger partial charge on any atom is -1.00 e. The predicted molar refractivity (Wildman–Crippen MR) is 174 cm³/mol. The highest BCUT2D eigenvalue weighted by molar-refractivity contribution is 4.54. The first-order chi connectivity index (χ1) is 19.0. The molecule has 0 aromatic carbocycles. The van der Waals surface area contributed by atoms with Gasteiger partial charge in [-0.25, -0.2) is 0 Å². The van der Waals surface area contributed by atoms with Gasteiger partial charge in [0.05, 0.1) is 13.1 Å². The van der Waals surface area contributed by atoms with E-state index in [1.807, 2.05) is 13.8 Å². The molecule has 0 aromatic rings. The molecule has 0 aliphatic rings. The first-order valence-electron chi connectivity index (χ1n) is 18.2. The summed E-state index contributed by atoms with van der Waals surface area (Å²) in [6.07, 6.45) is 37.2. The van der Waals surface area contributed by atoms with Gasteiger partial charge >= 0.3 is 0 Å². The maximum absolute atomic E-state index is 10.7. The second kappa shape index (κ2) is 32.3. The number of quaternary nitrogens is 1. The zero-order chi connectivity index (χ0) is 28.9. The quantitative estimate of drug-likeness (QED) is 0.0443. The molecule has 244 valence electrons. The molecule has 0 spiro atoms. The lowest BCUT2D eigenvalue weighted by Gasteiger charge is -2.43. The molecular weight excluding hydrogens is 558 g/mol. The first-order valence-corrected chi connectivity index (χ1v) is 18.2. The van der Waals surface area contributed by atoms with Gasteiger partial charge in [-0.2, -0.15) is 0 Å². The van der Waals surface area contributed by atoms with Crippen molar-refractivity contribution in [3.63, 3.8) is 0 Å². The zero-order valence-electron chi connectivity index (χ0n) is 28.1. The number of hydrogen-bond donors (Lipinski definition) is 2. The van der Waals surface area contributed by atoms with E-state index in [9.17, 15) is 10.2 Å². The standard InChI is InChI=1S/C36H76NO2.BrH/c1-5-7-9-11-13-15-17-19-21-23-25-27-29-31-33-37(35(3)38,36(4)39)34-32-30-28-26-24-22-20-18-16-14-12-10-8-6-2;/h35-36,38-39H,5-34H2,1-4H3;1H/q+1;/p-1. The maximum atomic E-state index is 10.7. The third kappa shape index (κ3) is 24.9. The van der Waals surface area contributed by atoms with Crippen molar-refractivity contribution in [3.8, 4) is 0 Å². The van der Waals surface area contributed by atoms with E-state index in [0.29, 0.717) is 4.48 Å². The van der Waals surface area contributed by atoms with Crippen molar-refractivity contribution < 1.29 is 31.7 Å². The normalized spacial score (nSPS) is 13.3. The van der Waals surface area contributed by atoms with Crippen molar-refractivity contribution in [2.45, 2.75) is 220 Å². The maximum Gasteiger partial charge on any atom is 0.189 e. The number of halogens is 1. The molecule has 0 aromatic heterocycles. The molecule has 40 heavy (non-hydrogen) atoms. The van der Waals surface area contributed by atoms with Crippen LogP contribution in [0.1, 0.15) is 207 Å². The summed E-state index contributed by atoms with van der Waals surface area (Å²) in [5.41, 5.74) is 0. The van der Waals surface area contributed by atoms with Gasteiger partial charge in [-0.05, 0) is 25.7 Å². The number of rotatable bonds is 32. The SMILES string of the molecule is CCCCCCCCCCCCCCCC[N+](CCCCCCCCCCCCCCCC)(C(C)O)C(C)O.[Br-]. The largest absolute Gasteiger partial charge is 1.00 e. The molecule has 2 atom stereocenters. The van der Waals surface area contributed by atoms with Crippen LogP contribution in [0.4, 0.5) is 0 Å². The second-order valence-corrected chi connectivity index (χ2v) is 13.0. The van der Waals surface area contributed by atoms with Gasteiger partial charge in [0, 0.05) is 13.8 Å². The van der Waals surface area contributed by atoms with Crippen LogP contribution in [-0.2, 0) is 0 Å². The van der Waals surface area contributed by atoms with Crippen molar-refractivity contribution in [1.29, 1.82) is 0 Å². The van der Waals surface area contributed by atoms with E-state index in [0.717, 1.165) is 25.9 Å². The van der Waals surface area contributed by atoms with E-state index in [1.165, 1.54) is 167 Å². The number of nitrogens with zero attached hydrogens (tertiary/aromatic N) is 1. The van der Waals surface area contributed by atoms with Gasteiger partial charge in [0.1, 0.15) is 0 Å². The summed E-state index contributed by atoms with van der Waals surface area (Å²) in [6.45, 7) is 10.2. The highest BCUT2D eigenvalue weighted by atomic mass is 79.9. The Hall–Kier alpha value is 0.360. The summed E-state index contributed by atoms with van der Waals surface area (Å²) >= 11 is 0. The Morgan fingerprint density at radius 2 is 0.525 bits per heavy atom. The molecule has 0 rings (SSSR count). The van der Waals surface area contributed by atoms with Gasteiger partial charge < -0.3 is 27.2 Å². The van der Waals surface area contributed by atoms with Crippen LogP contribution < -0.4 is 17.0 Å². The molecule has 0 aliphatic carbocycles. The molecule has 2 unspecified atom stereocenters. The predicted octanol–water partition coefficient (Wildman–Crippen LogP) is 8.45. The first kappa shape index (κ1) is 42.5. The van der Waals surface area contributed by atoms with E-state index < -0.39 is 12.5 Å². The van der Waals surface area contributed by atoms with E-state index in [-0.39, 0.29) is 17.0 Å². The Bertz CT molecular complexity index is 430. The lowest BCUT2D eigenvalue weighted by atomic mass is 10.0. The van der Waals surface area contributed by atoms with Gasteiger partial charge in [0.2, 0.25) is 0 Å². The molecule has 0 amide bonds. The summed E-state index contributed by atoms with van der Waals surface area (Å²) in [5.74, 6) is 0. The molecule has 0 bridgehead atoms. The van der Waals surface area contributed by atoms with Gasteiger partial charge in [-0.1, -0.05) is 168 Å². The lowest BCUT2D eigenvalue weighted by molar-refractivity contribution is -1.01. The number of unbranched alkanes of at least 4 members (excludes halogenated alkanes) is 26. The van der Waals surface area contributed by atoms with E-state index >= 15 is 0 Å². The minimum absolute atomic E-state index is 0. The van der Waals surface area contributed by atoms with E-state index in [2.05, 4.69) is 13.8 Å². The fourth-order valence-electron chi connectivity index (χ4n) is 6.37. The van der Waals surface area contributed by atoms with Gasteiger partial charge in [-0.3, -0.25) is 4.48 Å². The number of aliphatic hydroxyl groups is 2. The van der Waals surface area contributed by atoms with Crippen LogP contribution in [0.5, 0.6) is 0 Å². The summed E-state index contributed by atoms with van der Waals surface area (Å²) in [5, 5.41) is 21.3. The van der Waals surface area contributed by atoms with Crippen molar-refractivity contribution in [2.75, 3.05) is 13.1 Å². The molecule has 0 heterocycles. The Morgan fingerprint density at radius 3 is 0.700 bits per heavy atom. The average molecular weight is 635 g/mol. The smallest absolute Gasteiger partial charge is 0.189 e. The Morgan fingerprint density at radius 1 is 0.350 bits per heavy atom. The van der Waals surface area contributed by atoms with Crippen LogP contribution >= 0.6 is 0 Å². The molecule has 0 fully saturated rings. The summed E-state index contributed by atoms with van der Waals surface area (Å²) in [4.78, 5) is 0. The number of hydrogen-bond acceptors (Lipinski definition) is 2. The van der Waals surface area contributed by atoms with Crippen molar-refractivity contribution >= 4 is 0 Å². The third-order valence-electron chi connectivity index (χ3n) is 9.34. The topological polar surface area (TPSA) is 40.5 Å². The van der Waals surface area contributed by atoms with Gasteiger partial charge in [0.15, 0.2) is 12.5 Å². The van der Waals surface area contributed by atoms with Crippen LogP contribution in [0.2, 0.25) is 0 Å². The van der Waals surface area contributed by atoms with Crippen LogP contribution in [0, 0.1) is 0 Å². The van der Waals surface area contributed by atoms with Crippen LogP contribution in [0.3, 0.4) is 0 Å². The molecule has 0 aliphatic heterocycles. The van der Waals surface area contributed by atoms with Crippen LogP contribution in [-0.4, -0.2) is 40.2 Å². The minimum atomic E-state index is -0.492. The van der Waals surface area contributed by atoms with Crippen molar-refractivity contribution in [1.82, 2.24) is 0 Å². The van der Waals surface area contributed by atoms with Crippen molar-refractivity contribution in [3.05, 3.63) is 0 Å². The molecule has 4 heteroatoms. The van der Waals surface area contributed by atoms with E-state index in [4.69, 9.17) is 0 Å². The zero-order valence-corrected chi connectivity index (χ0v) is 29.7. The lowest BCUT2D eigenvalue weighted by Crippen LogP contribution is -3.00. The van der Waals surface area contributed by atoms with Gasteiger partial charge in [0.25, 0.3) is 0 Å². The Labute approximate surface area is 264 Å². The summed E-state index contributed by atoms with van der Waals surface area (Å²) in [6, 6.07) is 0. The number of aliphatic hydroxyl groups excluding tert-OH is 2. The molecule has 0 saturated carbocycles. The average Bonchev–Trinajstić information content (AvgIpc) is 2.91. The van der Waals surface area contributed by atoms with Crippen molar-refractivity contribution in [2.24, 2.45) is 0 Å². The summed E-state index contributed by atoms with van der Waals surface area (Å²) in [7, 11) is 0. The fourth-order valence-corrected chi connectivity index (χ4v) is 6.37. The molecular formula is C36H76BrNO2. The monoisotopic (exact) mass is 634 g/mol. The fraction of sp³-hybridized carbons (Fsp3) is 1.00. The van der Waals surface area contributed by atoms with Crippen LogP contribution in [0.25, 0.3) is 0 Å². The molecule has 0 radical (unpaired) electrons. The van der Waals surface area contributed by atoms with Crippen LogP contribution in [0.15, 0.2) is 0 Å². The van der Waals surface area contributed by atoms with E-state index in [1.54, 1.807) is 0 Å². The molecule has 2 N–H and O–H groups in total. The molecule has 0 saturated heterocycles. The summed E-state index contributed by atoms with van der Waals surface area (Å²) < 4.78 is 0.469.